The van der Waals surface area contributed by atoms with Crippen molar-refractivity contribution in [2.24, 2.45) is 0 Å². The minimum absolute atomic E-state index is 0.0555. The molecule has 0 amide bonds. The van der Waals surface area contributed by atoms with Crippen LogP contribution in [0.1, 0.15) is 25.5 Å². The molecule has 2 heterocycles. The number of rotatable bonds is 10. The van der Waals surface area contributed by atoms with Gasteiger partial charge >= 0.3 is 5.69 Å². The lowest BCUT2D eigenvalue weighted by Gasteiger charge is -2.44. The Balaban J connectivity index is 1.05. The Hall–Kier alpha value is -4.63. The molecule has 0 saturated carbocycles. The third-order valence-corrected chi connectivity index (χ3v) is 7.75. The van der Waals surface area contributed by atoms with Crippen molar-refractivity contribution in [2.75, 3.05) is 26.8 Å². The molecule has 1 aliphatic rings. The molecule has 2 atom stereocenters. The first-order chi connectivity index (χ1) is 21.4. The molecule has 4 aromatic carbocycles. The predicted molar refractivity (Wildman–Crippen MR) is 170 cm³/mol. The van der Waals surface area contributed by atoms with E-state index in [1.54, 1.807) is 21.5 Å². The van der Waals surface area contributed by atoms with Crippen molar-refractivity contribution < 1.29 is 18.9 Å². The van der Waals surface area contributed by atoms with Crippen LogP contribution in [0.25, 0.3) is 11.4 Å². The van der Waals surface area contributed by atoms with Gasteiger partial charge < -0.3 is 18.9 Å². The highest BCUT2D eigenvalue weighted by Crippen LogP contribution is 2.35. The second kappa shape index (κ2) is 12.9. The van der Waals surface area contributed by atoms with Gasteiger partial charge in [-0.1, -0.05) is 48.5 Å². The number of nitrogens with zero attached hydrogens (tertiary/aromatic N) is 3. The molecule has 8 nitrogen and oxygen atoms in total. The van der Waals surface area contributed by atoms with Crippen LogP contribution in [0.3, 0.4) is 0 Å². The molecule has 1 aromatic heterocycles. The summed E-state index contributed by atoms with van der Waals surface area (Å²) in [5, 5.41) is 0. The lowest BCUT2D eigenvalue weighted by Crippen LogP contribution is -2.51. The SMILES string of the molecule is CN(CCOc1ccc(-n2ccn(-c3ccc(Oc4ccccc4)cc3)c2=O)cc1)[C@H]1COC(C)(C)O[C@H]1c1ccccc1. The van der Waals surface area contributed by atoms with Crippen molar-refractivity contribution >= 4 is 0 Å². The summed E-state index contributed by atoms with van der Waals surface area (Å²) in [6.07, 6.45) is 3.42. The molecule has 0 spiro atoms. The molecule has 1 fully saturated rings. The number of aromatic nitrogens is 2. The molecule has 0 N–H and O–H groups in total. The zero-order chi connectivity index (χ0) is 30.5. The molecule has 0 bridgehead atoms. The van der Waals surface area contributed by atoms with Crippen LogP contribution in [-0.4, -0.2) is 52.7 Å². The van der Waals surface area contributed by atoms with Crippen molar-refractivity contribution in [1.82, 2.24) is 14.0 Å². The van der Waals surface area contributed by atoms with E-state index in [0.29, 0.717) is 25.5 Å². The molecule has 0 unspecified atom stereocenters. The molecule has 1 aliphatic heterocycles. The summed E-state index contributed by atoms with van der Waals surface area (Å²) in [6, 6.07) is 34.9. The van der Waals surface area contributed by atoms with Crippen LogP contribution < -0.4 is 15.2 Å². The Bertz CT molecular complexity index is 1700. The van der Waals surface area contributed by atoms with Crippen molar-refractivity contribution in [1.29, 1.82) is 0 Å². The number of imidazole rings is 1. The van der Waals surface area contributed by atoms with E-state index < -0.39 is 5.79 Å². The maximum Gasteiger partial charge on any atom is 0.337 e. The quantitative estimate of drug-likeness (QED) is 0.182. The summed E-state index contributed by atoms with van der Waals surface area (Å²) >= 11 is 0. The topological polar surface area (TPSA) is 67.1 Å². The van der Waals surface area contributed by atoms with Crippen molar-refractivity contribution in [3.8, 4) is 28.6 Å². The van der Waals surface area contributed by atoms with Crippen molar-refractivity contribution in [2.45, 2.75) is 31.8 Å². The predicted octanol–water partition coefficient (Wildman–Crippen LogP) is 6.62. The average molecular weight is 592 g/mol. The molecule has 0 radical (unpaired) electrons. The van der Waals surface area contributed by atoms with Crippen LogP contribution in [0.5, 0.6) is 17.2 Å². The Morgan fingerprint density at radius 3 is 1.93 bits per heavy atom. The van der Waals surface area contributed by atoms with E-state index in [2.05, 4.69) is 24.1 Å². The Kier molecular flexibility index (Phi) is 8.65. The average Bonchev–Trinajstić information content (AvgIpc) is 3.43. The Labute approximate surface area is 257 Å². The minimum atomic E-state index is -0.638. The van der Waals surface area contributed by atoms with E-state index in [-0.39, 0.29) is 17.8 Å². The number of para-hydroxylation sites is 1. The fourth-order valence-corrected chi connectivity index (χ4v) is 5.33. The molecular weight excluding hydrogens is 554 g/mol. The second-order valence-corrected chi connectivity index (χ2v) is 11.3. The number of hydrogen-bond donors (Lipinski definition) is 0. The number of benzene rings is 4. The molecule has 5 aromatic rings. The minimum Gasteiger partial charge on any atom is -0.492 e. The van der Waals surface area contributed by atoms with Crippen LogP contribution in [0.4, 0.5) is 0 Å². The molecule has 44 heavy (non-hydrogen) atoms. The van der Waals surface area contributed by atoms with Gasteiger partial charge in [0.2, 0.25) is 0 Å². The Morgan fingerprint density at radius 2 is 1.32 bits per heavy atom. The fraction of sp³-hybridized carbons (Fsp3) is 0.250. The van der Waals surface area contributed by atoms with Gasteiger partial charge in [0.05, 0.1) is 24.0 Å². The molecular formula is C36H37N3O5. The summed E-state index contributed by atoms with van der Waals surface area (Å²) < 4.78 is 27.5. The van der Waals surface area contributed by atoms with E-state index in [1.807, 2.05) is 111 Å². The highest BCUT2D eigenvalue weighted by Gasteiger charge is 2.39. The van der Waals surface area contributed by atoms with Gasteiger partial charge in [0.25, 0.3) is 0 Å². The first-order valence-electron chi connectivity index (χ1n) is 14.8. The largest absolute Gasteiger partial charge is 0.492 e. The number of likely N-dealkylation sites (N-methyl/N-ethyl adjacent to an activating group) is 1. The third-order valence-electron chi connectivity index (χ3n) is 7.75. The molecule has 8 heteroatoms. The molecule has 0 aliphatic carbocycles. The maximum absolute atomic E-state index is 13.2. The van der Waals surface area contributed by atoms with Gasteiger partial charge in [-0.05, 0) is 87.1 Å². The van der Waals surface area contributed by atoms with Crippen LogP contribution in [0.15, 0.2) is 126 Å². The van der Waals surface area contributed by atoms with Gasteiger partial charge in [-0.2, -0.15) is 0 Å². The summed E-state index contributed by atoms with van der Waals surface area (Å²) in [6.45, 7) is 5.67. The maximum atomic E-state index is 13.2. The molecule has 6 rings (SSSR count). The monoisotopic (exact) mass is 591 g/mol. The number of hydrogen-bond acceptors (Lipinski definition) is 6. The summed E-state index contributed by atoms with van der Waals surface area (Å²) in [5.74, 6) is 1.56. The van der Waals surface area contributed by atoms with Crippen molar-refractivity contribution in [3.05, 3.63) is 138 Å². The zero-order valence-electron chi connectivity index (χ0n) is 25.2. The standard InChI is InChI=1S/C36H37N3O5/c1-36(2)42-26-33(34(44-36)27-10-6-4-7-11-27)37(3)24-25-41-30-18-14-28(15-19-30)38-22-23-39(35(38)40)29-16-20-32(21-17-29)43-31-12-8-5-9-13-31/h4-23,33-34H,24-26H2,1-3H3/t33-,34-/m0/s1. The van der Waals surface area contributed by atoms with E-state index >= 15 is 0 Å². The first kappa shape index (κ1) is 29.4. The van der Waals surface area contributed by atoms with Gasteiger partial charge in [0.15, 0.2) is 5.79 Å². The zero-order valence-corrected chi connectivity index (χ0v) is 25.2. The molecule has 1 saturated heterocycles. The van der Waals surface area contributed by atoms with Gasteiger partial charge in [-0.15, -0.1) is 0 Å². The van der Waals surface area contributed by atoms with Gasteiger partial charge in [-0.25, -0.2) is 4.79 Å². The lowest BCUT2D eigenvalue weighted by molar-refractivity contribution is -0.295. The van der Waals surface area contributed by atoms with E-state index in [1.165, 1.54) is 0 Å². The summed E-state index contributed by atoms with van der Waals surface area (Å²) in [7, 11) is 2.07. The summed E-state index contributed by atoms with van der Waals surface area (Å²) in [4.78, 5) is 15.5. The third kappa shape index (κ3) is 6.78. The highest BCUT2D eigenvalue weighted by molar-refractivity contribution is 5.41. The fourth-order valence-electron chi connectivity index (χ4n) is 5.33. The van der Waals surface area contributed by atoms with Crippen LogP contribution in [-0.2, 0) is 9.47 Å². The van der Waals surface area contributed by atoms with Gasteiger partial charge in [-0.3, -0.25) is 14.0 Å². The van der Waals surface area contributed by atoms with E-state index in [4.69, 9.17) is 18.9 Å². The van der Waals surface area contributed by atoms with Gasteiger partial charge in [0, 0.05) is 18.9 Å². The van der Waals surface area contributed by atoms with Crippen LogP contribution in [0, 0.1) is 0 Å². The van der Waals surface area contributed by atoms with Crippen LogP contribution >= 0.6 is 0 Å². The smallest absolute Gasteiger partial charge is 0.337 e. The Morgan fingerprint density at radius 1 is 0.773 bits per heavy atom. The second-order valence-electron chi connectivity index (χ2n) is 11.3. The first-order valence-corrected chi connectivity index (χ1v) is 14.8. The number of ether oxygens (including phenoxy) is 4. The van der Waals surface area contributed by atoms with E-state index in [0.717, 1.165) is 28.4 Å². The van der Waals surface area contributed by atoms with Crippen LogP contribution in [0.2, 0.25) is 0 Å². The van der Waals surface area contributed by atoms with Crippen molar-refractivity contribution in [3.63, 3.8) is 0 Å². The lowest BCUT2D eigenvalue weighted by atomic mass is 9.99. The van der Waals surface area contributed by atoms with E-state index in [9.17, 15) is 4.79 Å². The summed E-state index contributed by atoms with van der Waals surface area (Å²) in [5.41, 5.74) is 2.48. The normalized spacial score (nSPS) is 17.8. The molecule has 226 valence electrons. The van der Waals surface area contributed by atoms with Gasteiger partial charge in [0.1, 0.15) is 30.0 Å². The highest BCUT2D eigenvalue weighted by atomic mass is 16.7.